The molecule has 0 radical (unpaired) electrons. The maximum atomic E-state index is 13.7. The minimum absolute atomic E-state index is 0.147. The Hall–Kier alpha value is -3.88. The highest BCUT2D eigenvalue weighted by Gasteiger charge is 2.27. The van der Waals surface area contributed by atoms with Crippen LogP contribution in [0.1, 0.15) is 42.5 Å². The molecule has 0 spiro atoms. The first kappa shape index (κ1) is 27.3. The van der Waals surface area contributed by atoms with E-state index < -0.39 is 0 Å². The molecule has 3 aromatic carbocycles. The Kier molecular flexibility index (Phi) is 7.69. The topological polar surface area (TPSA) is 78.8 Å². The monoisotopic (exact) mass is 553 g/mol. The fourth-order valence-corrected chi connectivity index (χ4v) is 6.14. The normalized spacial score (nSPS) is 16.2. The molecule has 41 heavy (non-hydrogen) atoms. The van der Waals surface area contributed by atoms with Gasteiger partial charge in [0.15, 0.2) is 11.5 Å². The first-order valence-corrected chi connectivity index (χ1v) is 14.7. The van der Waals surface area contributed by atoms with Gasteiger partial charge in [0.25, 0.3) is 5.91 Å². The number of hydrogen-bond acceptors (Lipinski definition) is 6. The van der Waals surface area contributed by atoms with E-state index in [0.717, 1.165) is 67.5 Å². The summed E-state index contributed by atoms with van der Waals surface area (Å²) in [6.07, 6.45) is 7.01. The number of pyridine rings is 1. The number of anilines is 1. The van der Waals surface area contributed by atoms with E-state index in [4.69, 9.17) is 4.74 Å². The van der Waals surface area contributed by atoms with Crippen LogP contribution in [0.4, 0.5) is 5.69 Å². The van der Waals surface area contributed by atoms with Crippen molar-refractivity contribution in [1.29, 1.82) is 0 Å². The Balaban J connectivity index is 1.37. The van der Waals surface area contributed by atoms with Gasteiger partial charge in [0.2, 0.25) is 5.43 Å². The lowest BCUT2D eigenvalue weighted by molar-refractivity contribution is 0.0949. The fraction of sp³-hybridized carbons (Fsp3) is 0.394. The molecule has 8 nitrogen and oxygen atoms in total. The second kappa shape index (κ2) is 11.5. The molecule has 1 fully saturated rings. The number of benzene rings is 3. The van der Waals surface area contributed by atoms with Crippen LogP contribution >= 0.6 is 0 Å². The zero-order valence-electron chi connectivity index (χ0n) is 24.2. The molecule has 1 saturated heterocycles. The molecule has 1 aromatic heterocycles. The van der Waals surface area contributed by atoms with Crippen molar-refractivity contribution < 1.29 is 9.53 Å². The Labute approximate surface area is 240 Å². The summed E-state index contributed by atoms with van der Waals surface area (Å²) in [5, 5.41) is 9.15. The number of aromatic nitrogens is 1. The van der Waals surface area contributed by atoms with E-state index in [2.05, 4.69) is 59.8 Å². The number of nitrogens with zero attached hydrogens (tertiary/aromatic N) is 3. The second-order valence-corrected chi connectivity index (χ2v) is 11.6. The van der Waals surface area contributed by atoms with Gasteiger partial charge >= 0.3 is 0 Å². The van der Waals surface area contributed by atoms with Gasteiger partial charge in [-0.25, -0.2) is 0 Å². The van der Waals surface area contributed by atoms with Gasteiger partial charge in [0.1, 0.15) is 11.1 Å². The predicted molar refractivity (Wildman–Crippen MR) is 166 cm³/mol. The summed E-state index contributed by atoms with van der Waals surface area (Å²) in [7, 11) is 6.30. The van der Waals surface area contributed by atoms with Crippen molar-refractivity contribution in [2.75, 3.05) is 52.6 Å². The van der Waals surface area contributed by atoms with Crippen LogP contribution in [0.5, 0.6) is 11.5 Å². The Morgan fingerprint density at radius 3 is 2.63 bits per heavy atom. The fourth-order valence-electron chi connectivity index (χ4n) is 6.14. The van der Waals surface area contributed by atoms with E-state index in [1.54, 1.807) is 6.20 Å². The predicted octanol–water partition coefficient (Wildman–Crippen LogP) is 5.22. The van der Waals surface area contributed by atoms with Crippen molar-refractivity contribution in [3.8, 4) is 17.2 Å². The lowest BCUT2D eigenvalue weighted by atomic mass is 10.0. The summed E-state index contributed by atoms with van der Waals surface area (Å²) in [6.45, 7) is 3.46. The SMILES string of the molecule is CN(C)CCCCNc1ccc2c(=O)c(C(=O)NCCC3CCCN3C)cn3c2c1Oc1cc2ccccc2cc1-3. The van der Waals surface area contributed by atoms with Crippen molar-refractivity contribution in [2.24, 2.45) is 0 Å². The van der Waals surface area contributed by atoms with Gasteiger partial charge in [0, 0.05) is 25.3 Å². The number of likely N-dealkylation sites (tertiary alicyclic amines) is 1. The smallest absolute Gasteiger partial charge is 0.256 e. The van der Waals surface area contributed by atoms with Gasteiger partial charge in [-0.1, -0.05) is 24.3 Å². The molecular weight excluding hydrogens is 514 g/mol. The van der Waals surface area contributed by atoms with Crippen LogP contribution in [0.15, 0.2) is 59.5 Å². The summed E-state index contributed by atoms with van der Waals surface area (Å²) in [5.74, 6) is 0.977. The van der Waals surface area contributed by atoms with E-state index >= 15 is 0 Å². The summed E-state index contributed by atoms with van der Waals surface area (Å²) in [6, 6.07) is 16.4. The Morgan fingerprint density at radius 1 is 1.07 bits per heavy atom. The van der Waals surface area contributed by atoms with Gasteiger partial charge in [0.05, 0.1) is 16.8 Å². The van der Waals surface area contributed by atoms with Crippen LogP contribution in [0.3, 0.4) is 0 Å². The molecule has 2 aliphatic rings. The molecule has 1 unspecified atom stereocenters. The van der Waals surface area contributed by atoms with Crippen LogP contribution in [-0.4, -0.2) is 73.6 Å². The summed E-state index contributed by atoms with van der Waals surface area (Å²) < 4.78 is 8.50. The molecule has 0 aliphatic carbocycles. The average Bonchev–Trinajstić information content (AvgIpc) is 3.37. The first-order valence-electron chi connectivity index (χ1n) is 14.7. The summed E-state index contributed by atoms with van der Waals surface area (Å²) in [5.41, 5.74) is 2.20. The molecular formula is C33H39N5O3. The van der Waals surface area contributed by atoms with E-state index in [1.807, 2.05) is 34.9 Å². The van der Waals surface area contributed by atoms with E-state index in [1.165, 1.54) is 6.42 Å². The van der Waals surface area contributed by atoms with Crippen LogP contribution in [0.25, 0.3) is 27.4 Å². The van der Waals surface area contributed by atoms with Gasteiger partial charge in [-0.15, -0.1) is 0 Å². The lowest BCUT2D eigenvalue weighted by Gasteiger charge is -2.26. The minimum atomic E-state index is -0.334. The maximum Gasteiger partial charge on any atom is 0.256 e. The molecule has 0 saturated carbocycles. The van der Waals surface area contributed by atoms with E-state index in [0.29, 0.717) is 35.0 Å². The van der Waals surface area contributed by atoms with Crippen molar-refractivity contribution in [2.45, 2.75) is 38.1 Å². The largest absolute Gasteiger partial charge is 0.451 e. The number of unbranched alkanes of at least 4 members (excludes halogenated alkanes) is 1. The number of amides is 1. The number of carbonyl (C=O) groups is 1. The van der Waals surface area contributed by atoms with Crippen LogP contribution in [0.2, 0.25) is 0 Å². The quantitative estimate of drug-likeness (QED) is 0.231. The Morgan fingerprint density at radius 2 is 1.88 bits per heavy atom. The van der Waals surface area contributed by atoms with E-state index in [9.17, 15) is 9.59 Å². The highest BCUT2D eigenvalue weighted by molar-refractivity contribution is 6.01. The number of hydrogen-bond donors (Lipinski definition) is 2. The molecule has 4 aromatic rings. The third-order valence-corrected chi connectivity index (χ3v) is 8.45. The molecule has 0 bridgehead atoms. The number of rotatable bonds is 10. The number of carbonyl (C=O) groups excluding carboxylic acids is 1. The molecule has 2 aliphatic heterocycles. The zero-order chi connectivity index (χ0) is 28.5. The van der Waals surface area contributed by atoms with E-state index in [-0.39, 0.29) is 16.9 Å². The molecule has 8 heteroatoms. The third kappa shape index (κ3) is 5.42. The van der Waals surface area contributed by atoms with Gasteiger partial charge in [-0.3, -0.25) is 9.59 Å². The third-order valence-electron chi connectivity index (χ3n) is 8.45. The number of ether oxygens (including phenoxy) is 1. The van der Waals surface area contributed by atoms with Crippen LogP contribution in [-0.2, 0) is 0 Å². The lowest BCUT2D eigenvalue weighted by Crippen LogP contribution is -2.34. The molecule has 1 amide bonds. The van der Waals surface area contributed by atoms with Crippen molar-refractivity contribution in [1.82, 2.24) is 19.7 Å². The first-order chi connectivity index (χ1) is 19.9. The van der Waals surface area contributed by atoms with Gasteiger partial charge in [-0.05, 0) is 101 Å². The molecule has 214 valence electrons. The van der Waals surface area contributed by atoms with Crippen molar-refractivity contribution in [3.63, 3.8) is 0 Å². The number of nitrogens with one attached hydrogen (secondary N) is 2. The minimum Gasteiger partial charge on any atom is -0.451 e. The molecule has 3 heterocycles. The number of fused-ring (bicyclic) bond motifs is 3. The standard InChI is InChI=1S/C33H39N5O3/c1-36(2)17-7-6-15-34-27-13-12-25-30-32(27)41-29-20-23-10-5-4-9-22(23)19-28(29)38(30)21-26(31(25)39)33(40)35-16-14-24-11-8-18-37(24)3/h4-5,9-10,12-13,19-21,24,34H,6-8,11,14-18H2,1-3H3,(H,35,40). The highest BCUT2D eigenvalue weighted by Crippen LogP contribution is 2.45. The van der Waals surface area contributed by atoms with Gasteiger partial charge < -0.3 is 29.7 Å². The second-order valence-electron chi connectivity index (χ2n) is 11.6. The maximum absolute atomic E-state index is 13.7. The zero-order valence-corrected chi connectivity index (χ0v) is 24.2. The van der Waals surface area contributed by atoms with Crippen LogP contribution < -0.4 is 20.8 Å². The van der Waals surface area contributed by atoms with Crippen LogP contribution in [0, 0.1) is 0 Å². The van der Waals surface area contributed by atoms with Gasteiger partial charge in [-0.2, -0.15) is 0 Å². The molecule has 2 N–H and O–H groups in total. The van der Waals surface area contributed by atoms with Crippen molar-refractivity contribution >= 4 is 33.3 Å². The molecule has 6 rings (SSSR count). The highest BCUT2D eigenvalue weighted by atomic mass is 16.5. The van der Waals surface area contributed by atoms with Crippen molar-refractivity contribution in [3.05, 3.63) is 70.5 Å². The average molecular weight is 554 g/mol. The summed E-state index contributed by atoms with van der Waals surface area (Å²) in [4.78, 5) is 31.6. The molecule has 1 atom stereocenters. The summed E-state index contributed by atoms with van der Waals surface area (Å²) >= 11 is 0. The Bertz CT molecular complexity index is 1660.